The van der Waals surface area contributed by atoms with Gasteiger partial charge in [0.2, 0.25) is 0 Å². The van der Waals surface area contributed by atoms with Crippen LogP contribution in [0.25, 0.3) is 0 Å². The smallest absolute Gasteiger partial charge is 0.377 e. The molecule has 0 unspecified atom stereocenters. The van der Waals surface area contributed by atoms with Gasteiger partial charge in [0, 0.05) is 27.4 Å². The van der Waals surface area contributed by atoms with E-state index in [0.717, 1.165) is 12.5 Å². The summed E-state index contributed by atoms with van der Waals surface area (Å²) >= 11 is 0. The van der Waals surface area contributed by atoms with Crippen LogP contribution in [0.3, 0.4) is 0 Å². The Balaban J connectivity index is 3.14. The molecular weight excluding hydrogens is 436 g/mol. The van der Waals surface area contributed by atoms with Crippen molar-refractivity contribution in [1.29, 1.82) is 0 Å². The van der Waals surface area contributed by atoms with E-state index in [1.807, 2.05) is 0 Å². The molecule has 0 radical (unpaired) electrons. The van der Waals surface area contributed by atoms with Crippen LogP contribution in [0.4, 0.5) is 0 Å². The Morgan fingerprint density at radius 2 is 0.529 bits per heavy atom. The van der Waals surface area contributed by atoms with Crippen LogP contribution in [0.5, 0.6) is 0 Å². The Kier molecular flexibility index (Phi) is 27.8. The molecular formula is C30H64O3Si. The second-order valence-corrected chi connectivity index (χ2v) is 13.6. The normalized spacial score (nSPS) is 12.0. The molecule has 0 aliphatic carbocycles. The van der Waals surface area contributed by atoms with Crippen molar-refractivity contribution in [2.24, 2.45) is 0 Å². The molecule has 3 nitrogen and oxygen atoms in total. The number of unbranched alkanes of at least 4 members (excludes halogenated alkanes) is 24. The highest BCUT2D eigenvalue weighted by atomic mass is 28.4. The molecule has 0 bridgehead atoms. The molecule has 0 atom stereocenters. The van der Waals surface area contributed by atoms with Crippen LogP contribution >= 0.6 is 0 Å². The van der Waals surface area contributed by atoms with E-state index in [2.05, 4.69) is 6.92 Å². The predicted octanol–water partition coefficient (Wildman–Crippen LogP) is 10.6. The number of hydrogen-bond donors (Lipinski definition) is 0. The average Bonchev–Trinajstić information content (AvgIpc) is 2.86. The van der Waals surface area contributed by atoms with E-state index in [1.54, 1.807) is 21.3 Å². The van der Waals surface area contributed by atoms with Crippen LogP contribution in [0.15, 0.2) is 0 Å². The highest BCUT2D eigenvalue weighted by Gasteiger charge is 2.36. The second-order valence-electron chi connectivity index (χ2n) is 10.5. The third kappa shape index (κ3) is 22.6. The maximum Gasteiger partial charge on any atom is 0.500 e. The molecule has 0 N–H and O–H groups in total. The second kappa shape index (κ2) is 27.7. The van der Waals surface area contributed by atoms with Crippen LogP contribution in [-0.4, -0.2) is 30.1 Å². The summed E-state index contributed by atoms with van der Waals surface area (Å²) in [7, 11) is 2.79. The molecule has 0 amide bonds. The standard InChI is InChI=1S/C30H64O3Si/c1-5-6-7-8-9-10-11-12-13-14-15-16-17-18-19-20-21-22-23-24-25-26-27-28-29-30-34(31-2,32-3)33-4/h5-30H2,1-4H3. The lowest BCUT2D eigenvalue weighted by molar-refractivity contribution is 0.122. The first-order chi connectivity index (χ1) is 16.7. The minimum Gasteiger partial charge on any atom is -0.377 e. The quantitative estimate of drug-likeness (QED) is 0.0754. The van der Waals surface area contributed by atoms with Gasteiger partial charge in [0.05, 0.1) is 0 Å². The van der Waals surface area contributed by atoms with Crippen molar-refractivity contribution in [2.75, 3.05) is 21.3 Å². The SMILES string of the molecule is CCCCCCCCCCCCCCCCCCCCCCCCCCC[Si](OC)(OC)OC. The van der Waals surface area contributed by atoms with Crippen molar-refractivity contribution >= 4 is 8.80 Å². The molecule has 0 heterocycles. The van der Waals surface area contributed by atoms with Gasteiger partial charge >= 0.3 is 8.80 Å². The summed E-state index contributed by atoms with van der Waals surface area (Å²) in [5, 5.41) is 0. The van der Waals surface area contributed by atoms with Crippen LogP contribution in [0.1, 0.15) is 167 Å². The lowest BCUT2D eigenvalue weighted by atomic mass is 10.0. The third-order valence-electron chi connectivity index (χ3n) is 7.52. The van der Waals surface area contributed by atoms with Crippen molar-refractivity contribution in [3.05, 3.63) is 0 Å². The molecule has 0 rings (SSSR count). The van der Waals surface area contributed by atoms with Crippen LogP contribution in [-0.2, 0) is 13.3 Å². The summed E-state index contributed by atoms with van der Waals surface area (Å²) in [6.07, 6.45) is 35.7. The van der Waals surface area contributed by atoms with Crippen molar-refractivity contribution in [2.45, 2.75) is 173 Å². The fraction of sp³-hybridized carbons (Fsp3) is 1.00. The van der Waals surface area contributed by atoms with Gasteiger partial charge < -0.3 is 13.3 Å². The summed E-state index contributed by atoms with van der Waals surface area (Å²) in [5.74, 6) is 0. The maximum atomic E-state index is 5.49. The van der Waals surface area contributed by atoms with E-state index in [4.69, 9.17) is 13.3 Å². The predicted molar refractivity (Wildman–Crippen MR) is 153 cm³/mol. The lowest BCUT2D eigenvalue weighted by Gasteiger charge is -2.24. The minimum atomic E-state index is -2.34. The Morgan fingerprint density at radius 3 is 0.735 bits per heavy atom. The van der Waals surface area contributed by atoms with E-state index in [1.165, 1.54) is 154 Å². The highest BCUT2D eigenvalue weighted by Crippen LogP contribution is 2.19. The zero-order chi connectivity index (χ0) is 25.0. The summed E-state index contributed by atoms with van der Waals surface area (Å²) in [6.45, 7) is 2.30. The largest absolute Gasteiger partial charge is 0.500 e. The zero-order valence-corrected chi connectivity index (χ0v) is 25.1. The van der Waals surface area contributed by atoms with Gasteiger partial charge in [-0.05, 0) is 6.42 Å². The van der Waals surface area contributed by atoms with Crippen molar-refractivity contribution in [1.82, 2.24) is 0 Å². The van der Waals surface area contributed by atoms with Crippen molar-refractivity contribution in [3.8, 4) is 0 Å². The van der Waals surface area contributed by atoms with Gasteiger partial charge in [0.1, 0.15) is 0 Å². The Hall–Kier alpha value is 0.0969. The van der Waals surface area contributed by atoms with Gasteiger partial charge in [-0.1, -0.05) is 161 Å². The molecule has 0 aliphatic rings. The minimum absolute atomic E-state index is 0.940. The van der Waals surface area contributed by atoms with Gasteiger partial charge in [-0.3, -0.25) is 0 Å². The fourth-order valence-corrected chi connectivity index (χ4v) is 6.83. The summed E-state index contributed by atoms with van der Waals surface area (Å²) in [6, 6.07) is 0.940. The van der Waals surface area contributed by atoms with Gasteiger partial charge in [0.25, 0.3) is 0 Å². The topological polar surface area (TPSA) is 27.7 Å². The zero-order valence-electron chi connectivity index (χ0n) is 24.1. The number of hydrogen-bond acceptors (Lipinski definition) is 3. The molecule has 0 aromatic carbocycles. The first-order valence-corrected chi connectivity index (χ1v) is 17.3. The van der Waals surface area contributed by atoms with Gasteiger partial charge in [-0.25, -0.2) is 0 Å². The van der Waals surface area contributed by atoms with Crippen molar-refractivity contribution in [3.63, 3.8) is 0 Å². The molecule has 4 heteroatoms. The first kappa shape index (κ1) is 34.1. The van der Waals surface area contributed by atoms with E-state index < -0.39 is 8.80 Å². The summed E-state index contributed by atoms with van der Waals surface area (Å²) in [5.41, 5.74) is 0. The van der Waals surface area contributed by atoms with Crippen LogP contribution < -0.4 is 0 Å². The Labute approximate surface area is 216 Å². The molecule has 0 spiro atoms. The molecule has 0 aromatic rings. The molecule has 0 saturated heterocycles. The van der Waals surface area contributed by atoms with Crippen LogP contribution in [0, 0.1) is 0 Å². The van der Waals surface area contributed by atoms with E-state index >= 15 is 0 Å². The summed E-state index contributed by atoms with van der Waals surface area (Å²) in [4.78, 5) is 0. The molecule has 34 heavy (non-hydrogen) atoms. The van der Waals surface area contributed by atoms with Crippen molar-refractivity contribution < 1.29 is 13.3 Å². The van der Waals surface area contributed by atoms with Gasteiger partial charge in [0.15, 0.2) is 0 Å². The maximum absolute atomic E-state index is 5.49. The molecule has 0 aromatic heterocycles. The monoisotopic (exact) mass is 500 g/mol. The molecule has 0 fully saturated rings. The lowest BCUT2D eigenvalue weighted by Crippen LogP contribution is -2.42. The Bertz CT molecular complexity index is 366. The van der Waals surface area contributed by atoms with Crippen LogP contribution in [0.2, 0.25) is 6.04 Å². The third-order valence-corrected chi connectivity index (χ3v) is 10.4. The van der Waals surface area contributed by atoms with E-state index in [-0.39, 0.29) is 0 Å². The van der Waals surface area contributed by atoms with E-state index in [0.29, 0.717) is 0 Å². The summed E-state index contributed by atoms with van der Waals surface area (Å²) < 4.78 is 16.5. The van der Waals surface area contributed by atoms with E-state index in [9.17, 15) is 0 Å². The highest BCUT2D eigenvalue weighted by molar-refractivity contribution is 6.60. The van der Waals surface area contributed by atoms with Gasteiger partial charge in [-0.2, -0.15) is 0 Å². The number of rotatable bonds is 29. The molecule has 206 valence electrons. The average molecular weight is 501 g/mol. The first-order valence-electron chi connectivity index (χ1n) is 15.4. The Morgan fingerprint density at radius 1 is 0.324 bits per heavy atom. The fourth-order valence-electron chi connectivity index (χ4n) is 5.04. The molecule has 0 aliphatic heterocycles. The molecule has 0 saturated carbocycles. The van der Waals surface area contributed by atoms with Gasteiger partial charge in [-0.15, -0.1) is 0 Å².